The van der Waals surface area contributed by atoms with Crippen molar-refractivity contribution in [2.75, 3.05) is 0 Å². The molecule has 3 N–H and O–H groups in total. The Balaban J connectivity index is 0.000000491. The molecule has 1 heterocycles. The molecule has 21 heavy (non-hydrogen) atoms. The summed E-state index contributed by atoms with van der Waals surface area (Å²) >= 11 is 0. The monoisotopic (exact) mass is 290 g/mol. The summed E-state index contributed by atoms with van der Waals surface area (Å²) in [6.07, 6.45) is 1.35. The molecule has 2 aromatic rings. The lowest BCUT2D eigenvalue weighted by Crippen LogP contribution is -2.12. The molecule has 0 aliphatic carbocycles. The zero-order chi connectivity index (χ0) is 16.2. The van der Waals surface area contributed by atoms with Gasteiger partial charge < -0.3 is 15.2 Å². The molecule has 6 heteroatoms. The number of rotatable bonds is 1. The average molecular weight is 290 g/mol. The van der Waals surface area contributed by atoms with Gasteiger partial charge in [-0.1, -0.05) is 0 Å². The van der Waals surface area contributed by atoms with Crippen molar-refractivity contribution in [1.82, 2.24) is 9.97 Å². The first kappa shape index (κ1) is 16.4. The van der Waals surface area contributed by atoms with Gasteiger partial charge in [0, 0.05) is 13.0 Å². The second kappa shape index (κ2) is 6.69. The summed E-state index contributed by atoms with van der Waals surface area (Å²) in [5, 5.41) is 16.6. The van der Waals surface area contributed by atoms with Gasteiger partial charge in [0.05, 0.1) is 16.8 Å². The fraction of sp³-hybridized carbons (Fsp3) is 0.267. The highest BCUT2D eigenvalue weighted by atomic mass is 16.4. The van der Waals surface area contributed by atoms with Gasteiger partial charge in [-0.15, -0.1) is 0 Å². The van der Waals surface area contributed by atoms with Crippen LogP contribution in [0, 0.1) is 13.8 Å². The van der Waals surface area contributed by atoms with Gasteiger partial charge in [0.1, 0.15) is 5.69 Å². The summed E-state index contributed by atoms with van der Waals surface area (Å²) in [6, 6.07) is 3.82. The number of hydrogen-bond acceptors (Lipinski definition) is 4. The smallest absolute Gasteiger partial charge is 0.300 e. The maximum atomic E-state index is 11.7. The molecule has 0 spiro atoms. The summed E-state index contributed by atoms with van der Waals surface area (Å²) in [6.45, 7) is 6.57. The molecule has 0 bridgehead atoms. The van der Waals surface area contributed by atoms with Crippen LogP contribution in [-0.4, -0.2) is 26.2 Å². The highest BCUT2D eigenvalue weighted by molar-refractivity contribution is 5.77. The summed E-state index contributed by atoms with van der Waals surface area (Å²) in [5.41, 5.74) is 3.59. The van der Waals surface area contributed by atoms with Crippen LogP contribution in [0.1, 0.15) is 30.7 Å². The Labute approximate surface area is 121 Å². The van der Waals surface area contributed by atoms with Crippen molar-refractivity contribution in [1.29, 1.82) is 0 Å². The number of benzene rings is 1. The molecule has 1 aromatic heterocycles. The first-order chi connectivity index (χ1) is 9.70. The molecule has 0 atom stereocenters. The highest BCUT2D eigenvalue weighted by Crippen LogP contribution is 2.15. The highest BCUT2D eigenvalue weighted by Gasteiger charge is 2.04. The molecule has 0 saturated carbocycles. The first-order valence-electron chi connectivity index (χ1n) is 6.28. The fourth-order valence-corrected chi connectivity index (χ4v) is 1.66. The van der Waals surface area contributed by atoms with E-state index in [1.165, 1.54) is 13.0 Å². The van der Waals surface area contributed by atoms with Crippen molar-refractivity contribution in [3.05, 3.63) is 45.1 Å². The summed E-state index contributed by atoms with van der Waals surface area (Å²) in [7, 11) is 0. The van der Waals surface area contributed by atoms with Crippen LogP contribution in [0.25, 0.3) is 17.1 Å². The minimum absolute atomic E-state index is 0.0613. The number of aliphatic carboxylic acids is 1. The molecule has 112 valence electrons. The van der Waals surface area contributed by atoms with Gasteiger partial charge in [0.2, 0.25) is 0 Å². The number of hydrogen-bond donors (Lipinski definition) is 3. The molecule has 0 saturated heterocycles. The molecule has 0 unspecified atom stereocenters. The number of H-pyrrole nitrogens is 1. The third kappa shape index (κ3) is 4.76. The van der Waals surface area contributed by atoms with Gasteiger partial charge in [-0.3, -0.25) is 9.59 Å². The van der Waals surface area contributed by atoms with Crippen LogP contribution in [0.5, 0.6) is 0 Å². The predicted molar refractivity (Wildman–Crippen MR) is 81.4 cm³/mol. The Morgan fingerprint density at radius 1 is 1.19 bits per heavy atom. The minimum Gasteiger partial charge on any atom is -0.513 e. The lowest BCUT2D eigenvalue weighted by atomic mass is 10.1. The van der Waals surface area contributed by atoms with Crippen molar-refractivity contribution < 1.29 is 15.0 Å². The zero-order valence-corrected chi connectivity index (χ0v) is 12.4. The Hall–Kier alpha value is -2.63. The number of aliphatic hydroxyl groups excluding tert-OH is 1. The average Bonchev–Trinajstić information content (AvgIpc) is 2.31. The maximum absolute atomic E-state index is 11.7. The molecule has 0 amide bonds. The lowest BCUT2D eigenvalue weighted by molar-refractivity contribution is -0.134. The van der Waals surface area contributed by atoms with Crippen molar-refractivity contribution in [2.24, 2.45) is 0 Å². The van der Waals surface area contributed by atoms with Gasteiger partial charge in [-0.2, -0.15) is 0 Å². The van der Waals surface area contributed by atoms with E-state index < -0.39 is 5.97 Å². The van der Waals surface area contributed by atoms with Crippen LogP contribution in [0.15, 0.2) is 22.7 Å². The number of aliphatic hydroxyl groups is 1. The number of carboxylic acid groups (broad SMARTS) is 1. The van der Waals surface area contributed by atoms with Crippen molar-refractivity contribution in [3.8, 4) is 0 Å². The molecule has 2 rings (SSSR count). The number of aromatic nitrogens is 2. The number of carbonyl (C=O) groups is 1. The Morgan fingerprint density at radius 2 is 1.71 bits per heavy atom. The van der Waals surface area contributed by atoms with E-state index >= 15 is 0 Å². The molecule has 0 radical (unpaired) electrons. The van der Waals surface area contributed by atoms with E-state index in [1.807, 2.05) is 26.0 Å². The van der Waals surface area contributed by atoms with Crippen LogP contribution < -0.4 is 5.56 Å². The number of aryl methyl sites for hydroxylation is 2. The lowest BCUT2D eigenvalue weighted by Gasteiger charge is -2.04. The number of aromatic amines is 1. The SMILES string of the molecule is CC(=O)O.CC(O)=Cc1nc2cc(C)c(C)cc2[nH]c1=O. The van der Waals surface area contributed by atoms with Gasteiger partial charge in [-0.05, 0) is 44.0 Å². The van der Waals surface area contributed by atoms with Crippen LogP contribution >= 0.6 is 0 Å². The maximum Gasteiger partial charge on any atom is 0.300 e. The first-order valence-corrected chi connectivity index (χ1v) is 6.28. The number of nitrogens with zero attached hydrogens (tertiary/aromatic N) is 1. The van der Waals surface area contributed by atoms with Crippen LogP contribution in [-0.2, 0) is 4.79 Å². The van der Waals surface area contributed by atoms with Crippen LogP contribution in [0.3, 0.4) is 0 Å². The molecule has 6 nitrogen and oxygen atoms in total. The van der Waals surface area contributed by atoms with Crippen molar-refractivity contribution in [2.45, 2.75) is 27.7 Å². The number of carboxylic acids is 1. The summed E-state index contributed by atoms with van der Waals surface area (Å²) < 4.78 is 0. The standard InChI is InChI=1S/C13H14N2O2.C2H4O2/c1-7-4-10-11(5-8(7)2)15-13(17)12(14-10)6-9(3)16;1-2(3)4/h4-6,16H,1-3H3,(H,15,17);1H3,(H,3,4). The van der Waals surface area contributed by atoms with E-state index in [0.29, 0.717) is 5.52 Å². The predicted octanol–water partition coefficient (Wildman–Crippen LogP) is 2.55. The molecule has 1 aromatic carbocycles. The largest absolute Gasteiger partial charge is 0.513 e. The fourth-order valence-electron chi connectivity index (χ4n) is 1.66. The minimum atomic E-state index is -0.833. The second-order valence-electron chi connectivity index (χ2n) is 4.71. The Morgan fingerprint density at radius 3 is 2.24 bits per heavy atom. The Bertz CT molecular complexity index is 752. The van der Waals surface area contributed by atoms with Crippen molar-refractivity contribution in [3.63, 3.8) is 0 Å². The molecule has 0 fully saturated rings. The summed E-state index contributed by atoms with van der Waals surface area (Å²) in [4.78, 5) is 27.7. The second-order valence-corrected chi connectivity index (χ2v) is 4.71. The third-order valence-electron chi connectivity index (χ3n) is 2.68. The third-order valence-corrected chi connectivity index (χ3v) is 2.68. The molecular weight excluding hydrogens is 272 g/mol. The Kier molecular flexibility index (Phi) is 5.24. The van der Waals surface area contributed by atoms with Crippen LogP contribution in [0.4, 0.5) is 0 Å². The van der Waals surface area contributed by atoms with E-state index in [2.05, 4.69) is 9.97 Å². The van der Waals surface area contributed by atoms with Gasteiger partial charge >= 0.3 is 0 Å². The van der Waals surface area contributed by atoms with E-state index in [-0.39, 0.29) is 17.0 Å². The van der Waals surface area contributed by atoms with E-state index in [9.17, 15) is 4.79 Å². The van der Waals surface area contributed by atoms with E-state index in [4.69, 9.17) is 15.0 Å². The van der Waals surface area contributed by atoms with Crippen LogP contribution in [0.2, 0.25) is 0 Å². The normalized spacial score (nSPS) is 11.0. The van der Waals surface area contributed by atoms with E-state index in [0.717, 1.165) is 23.6 Å². The number of nitrogens with one attached hydrogen (secondary N) is 1. The zero-order valence-electron chi connectivity index (χ0n) is 12.4. The van der Waals surface area contributed by atoms with Gasteiger partial charge in [-0.25, -0.2) is 4.98 Å². The molecule has 0 aliphatic heterocycles. The summed E-state index contributed by atoms with van der Waals surface area (Å²) in [5.74, 6) is -0.772. The van der Waals surface area contributed by atoms with E-state index in [1.54, 1.807) is 0 Å². The molecule has 0 aliphatic rings. The topological polar surface area (TPSA) is 103 Å². The van der Waals surface area contributed by atoms with Crippen molar-refractivity contribution >= 4 is 23.1 Å². The number of allylic oxidation sites excluding steroid dienone is 1. The number of fused-ring (bicyclic) bond motifs is 1. The van der Waals surface area contributed by atoms with Gasteiger partial charge in [0.25, 0.3) is 11.5 Å². The quantitative estimate of drug-likeness (QED) is 0.700. The van der Waals surface area contributed by atoms with Gasteiger partial charge in [0.15, 0.2) is 0 Å². The molecular formula is C15H18N2O4.